The van der Waals surface area contributed by atoms with Crippen LogP contribution in [-0.4, -0.2) is 5.78 Å². The van der Waals surface area contributed by atoms with E-state index >= 15 is 0 Å². The highest BCUT2D eigenvalue weighted by atomic mass is 32.1. The van der Waals surface area contributed by atoms with Crippen molar-refractivity contribution >= 4 is 22.8 Å². The number of anilines is 1. The molecule has 1 aromatic carbocycles. The minimum atomic E-state index is 0.0717. The van der Waals surface area contributed by atoms with Gasteiger partial charge in [-0.3, -0.25) is 4.79 Å². The van der Waals surface area contributed by atoms with E-state index < -0.39 is 0 Å². The molecule has 0 saturated heterocycles. The van der Waals surface area contributed by atoms with Crippen molar-refractivity contribution in [2.24, 2.45) is 0 Å². The van der Waals surface area contributed by atoms with E-state index in [0.29, 0.717) is 11.3 Å². The van der Waals surface area contributed by atoms with Crippen molar-refractivity contribution in [1.82, 2.24) is 0 Å². The van der Waals surface area contributed by atoms with Gasteiger partial charge in [-0.1, -0.05) is 6.07 Å². The lowest BCUT2D eigenvalue weighted by atomic mass is 10.0. The van der Waals surface area contributed by atoms with E-state index in [1.165, 1.54) is 0 Å². The predicted octanol–water partition coefficient (Wildman–Crippen LogP) is 2.85. The third-order valence-corrected chi connectivity index (χ3v) is 3.59. The van der Waals surface area contributed by atoms with Gasteiger partial charge in [-0.25, -0.2) is 0 Å². The Labute approximate surface area is 91.4 Å². The molecule has 0 atom stereocenters. The number of carbonyl (C=O) groups excluding carboxylic acids is 1. The zero-order chi connectivity index (χ0) is 10.6. The lowest BCUT2D eigenvalue weighted by molar-refractivity contribution is 0.104. The fraction of sp³-hybridized carbons (Fsp3) is 0.0833. The summed E-state index contributed by atoms with van der Waals surface area (Å²) in [6.45, 7) is 2.01. The zero-order valence-corrected chi connectivity index (χ0v) is 9.02. The van der Waals surface area contributed by atoms with E-state index in [9.17, 15) is 4.79 Å². The molecule has 1 aliphatic rings. The molecule has 0 aliphatic heterocycles. The van der Waals surface area contributed by atoms with E-state index in [0.717, 1.165) is 22.3 Å². The summed E-state index contributed by atoms with van der Waals surface area (Å²) < 4.78 is 0. The second-order valence-electron chi connectivity index (χ2n) is 3.75. The summed E-state index contributed by atoms with van der Waals surface area (Å²) in [5.74, 6) is 0.0717. The van der Waals surface area contributed by atoms with Gasteiger partial charge in [-0.2, -0.15) is 11.3 Å². The van der Waals surface area contributed by atoms with Gasteiger partial charge >= 0.3 is 0 Å². The number of nitrogens with two attached hydrogens (primary N) is 1. The van der Waals surface area contributed by atoms with E-state index in [-0.39, 0.29) is 5.78 Å². The Morgan fingerprint density at radius 3 is 2.67 bits per heavy atom. The van der Waals surface area contributed by atoms with Gasteiger partial charge in [-0.05, 0) is 29.5 Å². The van der Waals surface area contributed by atoms with Crippen LogP contribution >= 0.6 is 11.3 Å². The van der Waals surface area contributed by atoms with E-state index in [2.05, 4.69) is 0 Å². The number of fused-ring (bicyclic) bond motifs is 3. The van der Waals surface area contributed by atoms with Gasteiger partial charge in [0.15, 0.2) is 5.78 Å². The third kappa shape index (κ3) is 0.957. The maximum Gasteiger partial charge on any atom is 0.197 e. The molecule has 15 heavy (non-hydrogen) atoms. The third-order valence-electron chi connectivity index (χ3n) is 2.85. The monoisotopic (exact) mass is 215 g/mol. The van der Waals surface area contributed by atoms with E-state index in [1.54, 1.807) is 17.4 Å². The molecule has 3 rings (SSSR count). The first-order valence-electron chi connectivity index (χ1n) is 4.70. The number of nitrogen functional groups attached to an aromatic ring is 1. The molecule has 0 saturated carbocycles. The molecule has 1 aliphatic carbocycles. The Hall–Kier alpha value is -1.61. The fourth-order valence-corrected chi connectivity index (χ4v) is 2.93. The van der Waals surface area contributed by atoms with Crippen molar-refractivity contribution in [1.29, 1.82) is 0 Å². The number of aryl methyl sites for hydroxylation is 1. The summed E-state index contributed by atoms with van der Waals surface area (Å²) in [5, 5.41) is 3.92. The Morgan fingerprint density at radius 1 is 1.13 bits per heavy atom. The highest BCUT2D eigenvalue weighted by Gasteiger charge is 2.30. The Balaban J connectivity index is 2.48. The Bertz CT molecular complexity index is 583. The fourth-order valence-electron chi connectivity index (χ4n) is 2.12. The van der Waals surface area contributed by atoms with Crippen LogP contribution in [0.2, 0.25) is 0 Å². The minimum absolute atomic E-state index is 0.0717. The first-order valence-corrected chi connectivity index (χ1v) is 5.65. The number of ketones is 1. The van der Waals surface area contributed by atoms with Gasteiger partial charge in [0.2, 0.25) is 0 Å². The first kappa shape index (κ1) is 8.68. The van der Waals surface area contributed by atoms with Crippen molar-refractivity contribution in [3.05, 3.63) is 39.6 Å². The Morgan fingerprint density at radius 2 is 1.87 bits per heavy atom. The lowest BCUT2D eigenvalue weighted by Crippen LogP contribution is -2.00. The summed E-state index contributed by atoms with van der Waals surface area (Å²) in [6, 6.07) is 3.77. The zero-order valence-electron chi connectivity index (χ0n) is 8.20. The summed E-state index contributed by atoms with van der Waals surface area (Å²) >= 11 is 1.56. The highest BCUT2D eigenvalue weighted by Crippen LogP contribution is 2.42. The van der Waals surface area contributed by atoms with Crippen molar-refractivity contribution in [3.8, 4) is 11.1 Å². The van der Waals surface area contributed by atoms with Gasteiger partial charge in [-0.15, -0.1) is 0 Å². The molecule has 1 aromatic heterocycles. The molecule has 0 spiro atoms. The van der Waals surface area contributed by atoms with Crippen LogP contribution in [0.15, 0.2) is 22.9 Å². The van der Waals surface area contributed by atoms with Crippen LogP contribution in [0.25, 0.3) is 11.1 Å². The second-order valence-corrected chi connectivity index (χ2v) is 4.49. The van der Waals surface area contributed by atoms with Crippen molar-refractivity contribution < 1.29 is 4.79 Å². The number of benzene rings is 1. The molecule has 0 amide bonds. The average molecular weight is 215 g/mol. The van der Waals surface area contributed by atoms with Crippen LogP contribution < -0.4 is 5.73 Å². The number of carbonyl (C=O) groups is 1. The molecule has 0 bridgehead atoms. The van der Waals surface area contributed by atoms with Gasteiger partial charge in [0, 0.05) is 22.2 Å². The van der Waals surface area contributed by atoms with Crippen LogP contribution in [-0.2, 0) is 0 Å². The lowest BCUT2D eigenvalue weighted by Gasteiger charge is -2.05. The molecule has 3 heteroatoms. The molecule has 0 fully saturated rings. The maximum atomic E-state index is 12.0. The van der Waals surface area contributed by atoms with E-state index in [1.807, 2.05) is 23.8 Å². The molecule has 2 aromatic rings. The highest BCUT2D eigenvalue weighted by molar-refractivity contribution is 7.08. The van der Waals surface area contributed by atoms with Gasteiger partial charge in [0.1, 0.15) is 0 Å². The molecule has 1 heterocycles. The molecule has 2 N–H and O–H groups in total. The standard InChI is InChI=1S/C12H9NOS/c1-6-2-3-9(13)11-10(6)7-4-15-5-8(7)12(11)14/h2-5H,13H2,1H3. The van der Waals surface area contributed by atoms with Crippen LogP contribution in [0, 0.1) is 6.92 Å². The van der Waals surface area contributed by atoms with E-state index in [4.69, 9.17) is 5.73 Å². The van der Waals surface area contributed by atoms with Gasteiger partial charge < -0.3 is 5.73 Å². The summed E-state index contributed by atoms with van der Waals surface area (Å²) in [5.41, 5.74) is 11.1. The van der Waals surface area contributed by atoms with Crippen LogP contribution in [0.5, 0.6) is 0 Å². The molecular formula is C12H9NOS. The minimum Gasteiger partial charge on any atom is -0.398 e. The van der Waals surface area contributed by atoms with Crippen molar-refractivity contribution in [3.63, 3.8) is 0 Å². The molecule has 0 unspecified atom stereocenters. The predicted molar refractivity (Wildman–Crippen MR) is 62.3 cm³/mol. The maximum absolute atomic E-state index is 12.0. The smallest absolute Gasteiger partial charge is 0.197 e. The molecule has 0 radical (unpaired) electrons. The quantitative estimate of drug-likeness (QED) is 0.586. The largest absolute Gasteiger partial charge is 0.398 e. The molecule has 2 nitrogen and oxygen atoms in total. The van der Waals surface area contributed by atoms with Crippen LogP contribution in [0.4, 0.5) is 5.69 Å². The van der Waals surface area contributed by atoms with Crippen molar-refractivity contribution in [2.75, 3.05) is 5.73 Å². The summed E-state index contributed by atoms with van der Waals surface area (Å²) in [7, 11) is 0. The summed E-state index contributed by atoms with van der Waals surface area (Å²) in [4.78, 5) is 12.0. The van der Waals surface area contributed by atoms with Gasteiger partial charge in [0.05, 0.1) is 5.56 Å². The summed E-state index contributed by atoms with van der Waals surface area (Å²) in [6.07, 6.45) is 0. The SMILES string of the molecule is Cc1ccc(N)c2c1-c1cscc1C2=O. The number of rotatable bonds is 0. The van der Waals surface area contributed by atoms with Gasteiger partial charge in [0.25, 0.3) is 0 Å². The number of hydrogen-bond donors (Lipinski definition) is 1. The van der Waals surface area contributed by atoms with Crippen LogP contribution in [0.1, 0.15) is 21.5 Å². The normalized spacial score (nSPS) is 12.7. The molecular weight excluding hydrogens is 206 g/mol. The average Bonchev–Trinajstić information content (AvgIpc) is 2.76. The Kier molecular flexibility index (Phi) is 1.56. The second kappa shape index (κ2) is 2.70. The van der Waals surface area contributed by atoms with Crippen molar-refractivity contribution in [2.45, 2.75) is 6.92 Å². The number of thiophene rings is 1. The first-order chi connectivity index (χ1) is 7.20. The number of hydrogen-bond acceptors (Lipinski definition) is 3. The van der Waals surface area contributed by atoms with Crippen LogP contribution in [0.3, 0.4) is 0 Å². The topological polar surface area (TPSA) is 43.1 Å². The molecule has 74 valence electrons.